The number of carbonyl (C=O) groups is 1. The summed E-state index contributed by atoms with van der Waals surface area (Å²) in [7, 11) is 0. The summed E-state index contributed by atoms with van der Waals surface area (Å²) in [5.41, 5.74) is 3.39. The van der Waals surface area contributed by atoms with Crippen molar-refractivity contribution >= 4 is 5.97 Å². The van der Waals surface area contributed by atoms with Gasteiger partial charge < -0.3 is 15.2 Å². The van der Waals surface area contributed by atoms with Crippen LogP contribution in [0.2, 0.25) is 0 Å². The number of hydrogen-bond donors (Lipinski definition) is 2. The van der Waals surface area contributed by atoms with Gasteiger partial charge in [0.1, 0.15) is 11.8 Å². The Bertz CT molecular complexity index is 443. The van der Waals surface area contributed by atoms with Crippen LogP contribution in [0.4, 0.5) is 0 Å². The summed E-state index contributed by atoms with van der Waals surface area (Å²) < 4.78 is 5.77. The van der Waals surface area contributed by atoms with Crippen LogP contribution in [0.3, 0.4) is 0 Å². The fraction of sp³-hybridized carbons (Fsp3) is 0.533. The van der Waals surface area contributed by atoms with Gasteiger partial charge in [0, 0.05) is 6.42 Å². The third-order valence-corrected chi connectivity index (χ3v) is 3.28. The number of nitrogens with one attached hydrogen (secondary N) is 1. The van der Waals surface area contributed by atoms with Crippen LogP contribution in [-0.4, -0.2) is 30.3 Å². The molecule has 0 heterocycles. The Hall–Kier alpha value is -1.55. The molecule has 4 nitrogen and oxygen atoms in total. The maximum Gasteiger partial charge on any atom is 0.320 e. The second-order valence-corrected chi connectivity index (χ2v) is 4.74. The van der Waals surface area contributed by atoms with Crippen molar-refractivity contribution in [2.75, 3.05) is 13.2 Å². The molecule has 0 saturated carbocycles. The summed E-state index contributed by atoms with van der Waals surface area (Å²) >= 11 is 0. The number of rotatable bonds is 7. The molecule has 0 radical (unpaired) electrons. The first-order valence-electron chi connectivity index (χ1n) is 6.63. The number of carboxylic acid groups (broad SMARTS) is 1. The maximum atomic E-state index is 11.0. The monoisotopic (exact) mass is 265 g/mol. The topological polar surface area (TPSA) is 58.6 Å². The van der Waals surface area contributed by atoms with Gasteiger partial charge in [-0.25, -0.2) is 0 Å². The summed E-state index contributed by atoms with van der Waals surface area (Å²) in [5, 5.41) is 12.0. The minimum absolute atomic E-state index is 0.398. The number of likely N-dealkylation sites (N-methyl/N-ethyl adjacent to an activating group) is 1. The molecule has 1 unspecified atom stereocenters. The van der Waals surface area contributed by atoms with Crippen molar-refractivity contribution < 1.29 is 14.6 Å². The summed E-state index contributed by atoms with van der Waals surface area (Å²) in [6, 6.07) is 3.54. The predicted octanol–water partition coefficient (Wildman–Crippen LogP) is 2.44. The van der Waals surface area contributed by atoms with Gasteiger partial charge in [0.05, 0.1) is 6.61 Å². The molecule has 0 amide bonds. The van der Waals surface area contributed by atoms with Crippen molar-refractivity contribution in [3.63, 3.8) is 0 Å². The van der Waals surface area contributed by atoms with Gasteiger partial charge in [-0.1, -0.05) is 19.1 Å². The van der Waals surface area contributed by atoms with E-state index < -0.39 is 12.0 Å². The smallest absolute Gasteiger partial charge is 0.320 e. The Morgan fingerprint density at radius 1 is 1.32 bits per heavy atom. The lowest BCUT2D eigenvalue weighted by atomic mass is 10.1. The number of carboxylic acids is 1. The first kappa shape index (κ1) is 15.5. The fourth-order valence-electron chi connectivity index (χ4n) is 1.99. The molecular weight excluding hydrogens is 242 g/mol. The van der Waals surface area contributed by atoms with Crippen molar-refractivity contribution in [1.82, 2.24) is 5.32 Å². The number of ether oxygens (including phenoxy) is 1. The van der Waals surface area contributed by atoms with E-state index in [0.717, 1.165) is 16.9 Å². The van der Waals surface area contributed by atoms with Crippen molar-refractivity contribution in [3.05, 3.63) is 28.8 Å². The molecule has 0 fully saturated rings. The maximum absolute atomic E-state index is 11.0. The molecule has 0 spiro atoms. The molecule has 0 aromatic heterocycles. The van der Waals surface area contributed by atoms with E-state index in [9.17, 15) is 4.79 Å². The van der Waals surface area contributed by atoms with Crippen LogP contribution < -0.4 is 10.1 Å². The van der Waals surface area contributed by atoms with Crippen LogP contribution in [0, 0.1) is 20.8 Å². The van der Waals surface area contributed by atoms with E-state index in [0.29, 0.717) is 19.6 Å². The molecule has 1 aromatic rings. The van der Waals surface area contributed by atoms with Gasteiger partial charge in [0.25, 0.3) is 0 Å². The summed E-state index contributed by atoms with van der Waals surface area (Å²) in [6.45, 7) is 9.00. The van der Waals surface area contributed by atoms with E-state index in [2.05, 4.69) is 11.4 Å². The Morgan fingerprint density at radius 3 is 2.53 bits per heavy atom. The first-order valence-corrected chi connectivity index (χ1v) is 6.63. The van der Waals surface area contributed by atoms with Crippen molar-refractivity contribution in [1.29, 1.82) is 0 Å². The SMILES string of the molecule is CCNC(CCOc1c(C)ccc(C)c1C)C(=O)O. The van der Waals surface area contributed by atoms with Gasteiger partial charge >= 0.3 is 5.97 Å². The summed E-state index contributed by atoms with van der Waals surface area (Å²) in [6.07, 6.45) is 0.454. The van der Waals surface area contributed by atoms with Crippen molar-refractivity contribution in [2.24, 2.45) is 0 Å². The van der Waals surface area contributed by atoms with Crippen LogP contribution in [0.15, 0.2) is 12.1 Å². The van der Waals surface area contributed by atoms with E-state index in [1.807, 2.05) is 33.8 Å². The zero-order valence-corrected chi connectivity index (χ0v) is 12.1. The summed E-state index contributed by atoms with van der Waals surface area (Å²) in [5.74, 6) is 0.0452. The molecule has 19 heavy (non-hydrogen) atoms. The predicted molar refractivity (Wildman–Crippen MR) is 75.9 cm³/mol. The minimum atomic E-state index is -0.830. The molecule has 0 saturated heterocycles. The molecule has 0 aliphatic rings. The quantitative estimate of drug-likeness (QED) is 0.795. The zero-order chi connectivity index (χ0) is 14.4. The van der Waals surface area contributed by atoms with E-state index in [1.54, 1.807) is 0 Å². The average Bonchev–Trinajstić information content (AvgIpc) is 2.36. The van der Waals surface area contributed by atoms with E-state index in [1.165, 1.54) is 5.56 Å². The normalized spacial score (nSPS) is 12.2. The van der Waals surface area contributed by atoms with Crippen LogP contribution in [0.25, 0.3) is 0 Å². The Balaban J connectivity index is 2.62. The van der Waals surface area contributed by atoms with Gasteiger partial charge in [-0.05, 0) is 44.0 Å². The molecule has 1 atom stereocenters. The second kappa shape index (κ2) is 7.14. The largest absolute Gasteiger partial charge is 0.493 e. The number of hydrogen-bond acceptors (Lipinski definition) is 3. The average molecular weight is 265 g/mol. The third kappa shape index (κ3) is 4.24. The highest BCUT2D eigenvalue weighted by molar-refractivity contribution is 5.73. The second-order valence-electron chi connectivity index (χ2n) is 4.74. The van der Waals surface area contributed by atoms with Gasteiger partial charge in [0.15, 0.2) is 0 Å². The van der Waals surface area contributed by atoms with Gasteiger partial charge in [-0.3, -0.25) is 4.79 Å². The number of benzene rings is 1. The van der Waals surface area contributed by atoms with E-state index >= 15 is 0 Å². The highest BCUT2D eigenvalue weighted by Crippen LogP contribution is 2.25. The zero-order valence-electron chi connectivity index (χ0n) is 12.1. The minimum Gasteiger partial charge on any atom is -0.493 e. The van der Waals surface area contributed by atoms with Crippen LogP contribution >= 0.6 is 0 Å². The number of aliphatic carboxylic acids is 1. The summed E-state index contributed by atoms with van der Waals surface area (Å²) in [4.78, 5) is 11.0. The van der Waals surface area contributed by atoms with Crippen LogP contribution in [0.5, 0.6) is 5.75 Å². The fourth-order valence-corrected chi connectivity index (χ4v) is 1.99. The Kier molecular flexibility index (Phi) is 5.83. The lowest BCUT2D eigenvalue weighted by Gasteiger charge is -2.16. The molecule has 4 heteroatoms. The van der Waals surface area contributed by atoms with Crippen LogP contribution in [0.1, 0.15) is 30.0 Å². The highest BCUT2D eigenvalue weighted by atomic mass is 16.5. The molecule has 1 aromatic carbocycles. The molecule has 1 rings (SSSR count). The lowest BCUT2D eigenvalue weighted by Crippen LogP contribution is -2.37. The molecule has 106 valence electrons. The Morgan fingerprint density at radius 2 is 1.95 bits per heavy atom. The standard InChI is InChI=1S/C15H23NO3/c1-5-16-13(15(17)18)8-9-19-14-11(3)7-6-10(2)12(14)4/h6-7,13,16H,5,8-9H2,1-4H3,(H,17,18). The lowest BCUT2D eigenvalue weighted by molar-refractivity contribution is -0.139. The van der Waals surface area contributed by atoms with Crippen molar-refractivity contribution in [2.45, 2.75) is 40.2 Å². The molecule has 2 N–H and O–H groups in total. The van der Waals surface area contributed by atoms with E-state index in [-0.39, 0.29) is 0 Å². The number of aryl methyl sites for hydroxylation is 2. The Labute approximate surface area is 114 Å². The highest BCUT2D eigenvalue weighted by Gasteiger charge is 2.16. The van der Waals surface area contributed by atoms with Crippen LogP contribution in [-0.2, 0) is 4.79 Å². The third-order valence-electron chi connectivity index (χ3n) is 3.28. The van der Waals surface area contributed by atoms with Crippen molar-refractivity contribution in [3.8, 4) is 5.75 Å². The molecule has 0 aliphatic heterocycles. The molecular formula is C15H23NO3. The first-order chi connectivity index (χ1) is 8.97. The molecule has 0 aliphatic carbocycles. The molecule has 0 bridgehead atoms. The van der Waals surface area contributed by atoms with Gasteiger partial charge in [-0.15, -0.1) is 0 Å². The van der Waals surface area contributed by atoms with Gasteiger partial charge in [0.2, 0.25) is 0 Å². The van der Waals surface area contributed by atoms with E-state index in [4.69, 9.17) is 9.84 Å². The van der Waals surface area contributed by atoms with Gasteiger partial charge in [-0.2, -0.15) is 0 Å².